The predicted octanol–water partition coefficient (Wildman–Crippen LogP) is 2.62. The first-order chi connectivity index (χ1) is 8.35. The Bertz CT molecular complexity index is 302. The van der Waals surface area contributed by atoms with E-state index in [4.69, 9.17) is 9.15 Å². The van der Waals surface area contributed by atoms with E-state index < -0.39 is 0 Å². The summed E-state index contributed by atoms with van der Waals surface area (Å²) < 4.78 is 10.6. The average molecular weight is 237 g/mol. The van der Waals surface area contributed by atoms with Crippen molar-refractivity contribution < 1.29 is 9.15 Å². The highest BCUT2D eigenvalue weighted by molar-refractivity contribution is 5.04. The molecule has 0 radical (unpaired) electrons. The second-order valence-electron chi connectivity index (χ2n) is 5.13. The number of rotatable bonds is 7. The van der Waals surface area contributed by atoms with Gasteiger partial charge in [0.15, 0.2) is 0 Å². The van der Waals surface area contributed by atoms with Crippen LogP contribution in [0.25, 0.3) is 0 Å². The maximum atomic E-state index is 5.50. The highest BCUT2D eigenvalue weighted by atomic mass is 16.5. The van der Waals surface area contributed by atoms with E-state index in [2.05, 4.69) is 11.4 Å². The van der Waals surface area contributed by atoms with Crippen LogP contribution < -0.4 is 5.32 Å². The fourth-order valence-electron chi connectivity index (χ4n) is 2.85. The molecule has 1 fully saturated rings. The SMILES string of the molecule is COCCNCC1(Cc2ccco2)CCCC1. The van der Waals surface area contributed by atoms with Crippen LogP contribution in [-0.4, -0.2) is 26.8 Å². The molecule has 0 saturated heterocycles. The third-order valence-corrected chi connectivity index (χ3v) is 3.78. The quantitative estimate of drug-likeness (QED) is 0.740. The summed E-state index contributed by atoms with van der Waals surface area (Å²) in [5, 5.41) is 3.51. The summed E-state index contributed by atoms with van der Waals surface area (Å²) in [6.45, 7) is 2.81. The van der Waals surface area contributed by atoms with Crippen LogP contribution in [0.2, 0.25) is 0 Å². The minimum Gasteiger partial charge on any atom is -0.469 e. The van der Waals surface area contributed by atoms with Crippen LogP contribution in [0.3, 0.4) is 0 Å². The molecule has 2 rings (SSSR count). The Balaban J connectivity index is 1.86. The molecule has 17 heavy (non-hydrogen) atoms. The molecule has 0 atom stereocenters. The topological polar surface area (TPSA) is 34.4 Å². The maximum absolute atomic E-state index is 5.50. The largest absolute Gasteiger partial charge is 0.469 e. The minimum atomic E-state index is 0.408. The average Bonchev–Trinajstić information content (AvgIpc) is 2.98. The Labute approximate surface area is 104 Å². The fourth-order valence-corrected chi connectivity index (χ4v) is 2.85. The number of methoxy groups -OCH3 is 1. The fraction of sp³-hybridized carbons (Fsp3) is 0.714. The van der Waals surface area contributed by atoms with Crippen LogP contribution in [0.15, 0.2) is 22.8 Å². The molecule has 0 aromatic carbocycles. The Morgan fingerprint density at radius 1 is 1.41 bits per heavy atom. The molecular formula is C14H23NO2. The number of hydrogen-bond donors (Lipinski definition) is 1. The van der Waals surface area contributed by atoms with Gasteiger partial charge in [0.2, 0.25) is 0 Å². The van der Waals surface area contributed by atoms with Crippen LogP contribution in [0.4, 0.5) is 0 Å². The Morgan fingerprint density at radius 2 is 2.24 bits per heavy atom. The highest BCUT2D eigenvalue weighted by Gasteiger charge is 2.34. The first kappa shape index (κ1) is 12.7. The molecule has 1 saturated carbocycles. The first-order valence-electron chi connectivity index (χ1n) is 6.57. The van der Waals surface area contributed by atoms with Crippen molar-refractivity contribution in [1.29, 1.82) is 0 Å². The Kier molecular flexibility index (Phi) is 4.63. The van der Waals surface area contributed by atoms with E-state index in [0.717, 1.165) is 31.9 Å². The first-order valence-corrected chi connectivity index (χ1v) is 6.57. The van der Waals surface area contributed by atoms with Gasteiger partial charge in [-0.15, -0.1) is 0 Å². The summed E-state index contributed by atoms with van der Waals surface area (Å²) in [5.41, 5.74) is 0.408. The van der Waals surface area contributed by atoms with Crippen molar-refractivity contribution in [3.05, 3.63) is 24.2 Å². The van der Waals surface area contributed by atoms with E-state index in [9.17, 15) is 0 Å². The third-order valence-electron chi connectivity index (χ3n) is 3.78. The van der Waals surface area contributed by atoms with Gasteiger partial charge in [-0.2, -0.15) is 0 Å². The number of nitrogens with one attached hydrogen (secondary N) is 1. The molecule has 1 aliphatic carbocycles. The van der Waals surface area contributed by atoms with Crippen LogP contribution in [0.1, 0.15) is 31.4 Å². The van der Waals surface area contributed by atoms with Gasteiger partial charge in [-0.05, 0) is 30.4 Å². The van der Waals surface area contributed by atoms with E-state index >= 15 is 0 Å². The molecule has 0 unspecified atom stereocenters. The molecule has 1 aromatic heterocycles. The van der Waals surface area contributed by atoms with Gasteiger partial charge in [-0.3, -0.25) is 0 Å². The van der Waals surface area contributed by atoms with Gasteiger partial charge in [-0.1, -0.05) is 12.8 Å². The lowest BCUT2D eigenvalue weighted by Gasteiger charge is -2.28. The van der Waals surface area contributed by atoms with Crippen LogP contribution in [0, 0.1) is 5.41 Å². The Morgan fingerprint density at radius 3 is 2.88 bits per heavy atom. The molecular weight excluding hydrogens is 214 g/mol. The van der Waals surface area contributed by atoms with Crippen molar-refractivity contribution in [2.24, 2.45) is 5.41 Å². The molecule has 3 heteroatoms. The molecule has 1 aromatic rings. The van der Waals surface area contributed by atoms with Crippen molar-refractivity contribution in [2.45, 2.75) is 32.1 Å². The van der Waals surface area contributed by atoms with Crippen molar-refractivity contribution in [1.82, 2.24) is 5.32 Å². The summed E-state index contributed by atoms with van der Waals surface area (Å²) in [7, 11) is 1.75. The van der Waals surface area contributed by atoms with Gasteiger partial charge < -0.3 is 14.5 Å². The van der Waals surface area contributed by atoms with Gasteiger partial charge in [0.05, 0.1) is 12.9 Å². The van der Waals surface area contributed by atoms with Gasteiger partial charge in [0, 0.05) is 26.6 Å². The van der Waals surface area contributed by atoms with E-state index in [-0.39, 0.29) is 0 Å². The standard InChI is InChI=1S/C14H23NO2/c1-16-10-8-15-12-14(6-2-3-7-14)11-13-5-4-9-17-13/h4-5,9,15H,2-3,6-8,10-12H2,1H3. The van der Waals surface area contributed by atoms with E-state index in [1.165, 1.54) is 25.7 Å². The van der Waals surface area contributed by atoms with E-state index in [0.29, 0.717) is 5.41 Å². The summed E-state index contributed by atoms with van der Waals surface area (Å²) >= 11 is 0. The molecule has 0 bridgehead atoms. The zero-order chi connectivity index (χ0) is 12.0. The minimum absolute atomic E-state index is 0.408. The normalized spacial score (nSPS) is 18.6. The number of ether oxygens (including phenoxy) is 1. The van der Waals surface area contributed by atoms with Crippen LogP contribution >= 0.6 is 0 Å². The molecule has 0 amide bonds. The molecule has 96 valence electrons. The van der Waals surface area contributed by atoms with Crippen molar-refractivity contribution in [3.8, 4) is 0 Å². The molecule has 0 aliphatic heterocycles. The lowest BCUT2D eigenvalue weighted by atomic mass is 9.81. The molecule has 0 spiro atoms. The lowest BCUT2D eigenvalue weighted by Crippen LogP contribution is -2.35. The highest BCUT2D eigenvalue weighted by Crippen LogP contribution is 2.40. The molecule has 3 nitrogen and oxygen atoms in total. The molecule has 1 heterocycles. The van der Waals surface area contributed by atoms with E-state index in [1.54, 1.807) is 13.4 Å². The number of hydrogen-bond acceptors (Lipinski definition) is 3. The summed E-state index contributed by atoms with van der Waals surface area (Å²) in [4.78, 5) is 0. The summed E-state index contributed by atoms with van der Waals surface area (Å²) in [5.74, 6) is 1.13. The zero-order valence-electron chi connectivity index (χ0n) is 10.7. The van der Waals surface area contributed by atoms with Gasteiger partial charge >= 0.3 is 0 Å². The second-order valence-corrected chi connectivity index (χ2v) is 5.13. The van der Waals surface area contributed by atoms with Crippen molar-refractivity contribution in [2.75, 3.05) is 26.8 Å². The maximum Gasteiger partial charge on any atom is 0.104 e. The molecule has 1 N–H and O–H groups in total. The summed E-state index contributed by atoms with van der Waals surface area (Å²) in [6.07, 6.45) is 8.18. The summed E-state index contributed by atoms with van der Waals surface area (Å²) in [6, 6.07) is 4.07. The van der Waals surface area contributed by atoms with Crippen LogP contribution in [0.5, 0.6) is 0 Å². The second kappa shape index (κ2) is 6.22. The third kappa shape index (κ3) is 3.58. The lowest BCUT2D eigenvalue weighted by molar-refractivity contribution is 0.188. The van der Waals surface area contributed by atoms with Crippen molar-refractivity contribution >= 4 is 0 Å². The Hall–Kier alpha value is -0.800. The van der Waals surface area contributed by atoms with Gasteiger partial charge in [-0.25, -0.2) is 0 Å². The number of furan rings is 1. The van der Waals surface area contributed by atoms with Crippen LogP contribution in [-0.2, 0) is 11.2 Å². The zero-order valence-corrected chi connectivity index (χ0v) is 10.7. The van der Waals surface area contributed by atoms with Gasteiger partial charge in [0.1, 0.15) is 5.76 Å². The smallest absolute Gasteiger partial charge is 0.104 e. The molecule has 1 aliphatic rings. The van der Waals surface area contributed by atoms with E-state index in [1.807, 2.05) is 6.07 Å². The monoisotopic (exact) mass is 237 g/mol. The van der Waals surface area contributed by atoms with Gasteiger partial charge in [0.25, 0.3) is 0 Å². The predicted molar refractivity (Wildman–Crippen MR) is 68.1 cm³/mol. The van der Waals surface area contributed by atoms with Crippen molar-refractivity contribution in [3.63, 3.8) is 0 Å².